The first kappa shape index (κ1) is 22.5. The minimum Gasteiger partial charge on any atom is -0.493 e. The van der Waals surface area contributed by atoms with E-state index in [9.17, 15) is 17.6 Å². The highest BCUT2D eigenvalue weighted by molar-refractivity contribution is 7.90. The van der Waals surface area contributed by atoms with Gasteiger partial charge in [-0.25, -0.2) is 17.5 Å². The summed E-state index contributed by atoms with van der Waals surface area (Å²) < 4.78 is 44.3. The standard InChI is InChI=1S/C22H24FN3O4S/c1-16-19(15-24-26(16)21-11-5-4-10-20(21)23)22(27)25(2)12-7-13-30-17-8-6-9-18(14-17)31(3,28)29/h4-6,8-11,14-15H,7,12-13H2,1-3H3. The van der Waals surface area contributed by atoms with Gasteiger partial charge in [-0.2, -0.15) is 5.10 Å². The third kappa shape index (κ3) is 5.29. The Bertz CT molecular complexity index is 1190. The number of hydrogen-bond donors (Lipinski definition) is 0. The van der Waals surface area contributed by atoms with Crippen LogP contribution < -0.4 is 4.74 Å². The summed E-state index contributed by atoms with van der Waals surface area (Å²) in [5, 5.41) is 4.17. The Morgan fingerprint density at radius 1 is 1.19 bits per heavy atom. The molecule has 0 saturated carbocycles. The van der Waals surface area contributed by atoms with Crippen LogP contribution in [-0.4, -0.2) is 55.5 Å². The lowest BCUT2D eigenvalue weighted by Gasteiger charge is -2.17. The van der Waals surface area contributed by atoms with E-state index in [2.05, 4.69) is 5.10 Å². The number of para-hydroxylation sites is 1. The minimum atomic E-state index is -3.30. The summed E-state index contributed by atoms with van der Waals surface area (Å²) in [5.41, 5.74) is 1.23. The molecule has 164 valence electrons. The molecule has 0 aliphatic carbocycles. The molecule has 2 aromatic carbocycles. The Hall–Kier alpha value is -3.20. The Kier molecular flexibility index (Phi) is 6.74. The minimum absolute atomic E-state index is 0.194. The number of halogens is 1. The molecule has 31 heavy (non-hydrogen) atoms. The summed E-state index contributed by atoms with van der Waals surface area (Å²) >= 11 is 0. The molecule has 0 atom stereocenters. The van der Waals surface area contributed by atoms with Crippen molar-refractivity contribution in [3.63, 3.8) is 0 Å². The van der Waals surface area contributed by atoms with Gasteiger partial charge in [-0.15, -0.1) is 0 Å². The summed E-state index contributed by atoms with van der Waals surface area (Å²) in [6, 6.07) is 12.5. The van der Waals surface area contributed by atoms with Gasteiger partial charge in [0, 0.05) is 19.8 Å². The van der Waals surface area contributed by atoms with Crippen molar-refractivity contribution in [2.45, 2.75) is 18.2 Å². The lowest BCUT2D eigenvalue weighted by atomic mass is 10.2. The molecule has 3 aromatic rings. The van der Waals surface area contributed by atoms with Crippen LogP contribution in [-0.2, 0) is 9.84 Å². The predicted octanol–water partition coefficient (Wildman–Crippen LogP) is 3.26. The molecule has 0 aliphatic rings. The molecule has 0 aliphatic heterocycles. The van der Waals surface area contributed by atoms with Gasteiger partial charge in [0.25, 0.3) is 5.91 Å². The molecular weight excluding hydrogens is 421 g/mol. The second-order valence-electron chi connectivity index (χ2n) is 7.18. The van der Waals surface area contributed by atoms with Gasteiger partial charge in [0.1, 0.15) is 17.3 Å². The molecule has 0 spiro atoms. The van der Waals surface area contributed by atoms with E-state index in [0.717, 1.165) is 6.26 Å². The van der Waals surface area contributed by atoms with Crippen LogP contribution in [0.4, 0.5) is 4.39 Å². The average molecular weight is 446 g/mol. The van der Waals surface area contributed by atoms with Crippen molar-refractivity contribution in [1.29, 1.82) is 0 Å². The monoisotopic (exact) mass is 445 g/mol. The molecule has 0 bridgehead atoms. The maximum atomic E-state index is 14.1. The van der Waals surface area contributed by atoms with Crippen molar-refractivity contribution >= 4 is 15.7 Å². The fourth-order valence-corrected chi connectivity index (χ4v) is 3.74. The van der Waals surface area contributed by atoms with Crippen molar-refractivity contribution in [3.05, 3.63) is 71.8 Å². The molecule has 9 heteroatoms. The number of ether oxygens (including phenoxy) is 1. The number of carbonyl (C=O) groups excluding carboxylic acids is 1. The topological polar surface area (TPSA) is 81.5 Å². The number of sulfone groups is 1. The van der Waals surface area contributed by atoms with Crippen LogP contribution in [0, 0.1) is 12.7 Å². The van der Waals surface area contributed by atoms with E-state index in [1.54, 1.807) is 49.2 Å². The number of nitrogens with zero attached hydrogens (tertiary/aromatic N) is 3. The molecule has 0 saturated heterocycles. The maximum Gasteiger partial charge on any atom is 0.257 e. The van der Waals surface area contributed by atoms with Gasteiger partial charge >= 0.3 is 0 Å². The Morgan fingerprint density at radius 3 is 2.65 bits per heavy atom. The highest BCUT2D eigenvalue weighted by Crippen LogP contribution is 2.19. The van der Waals surface area contributed by atoms with Crippen molar-refractivity contribution < 1.29 is 22.3 Å². The Labute approximate surface area is 181 Å². The number of benzene rings is 2. The van der Waals surface area contributed by atoms with Gasteiger partial charge in [0.05, 0.1) is 29.0 Å². The van der Waals surface area contributed by atoms with Crippen LogP contribution in [0.25, 0.3) is 5.69 Å². The van der Waals surface area contributed by atoms with Crippen LogP contribution in [0.3, 0.4) is 0 Å². The summed E-state index contributed by atoms with van der Waals surface area (Å²) in [6.07, 6.45) is 3.13. The van der Waals surface area contributed by atoms with Crippen molar-refractivity contribution in [3.8, 4) is 11.4 Å². The lowest BCUT2D eigenvalue weighted by Crippen LogP contribution is -2.29. The molecule has 7 nitrogen and oxygen atoms in total. The van der Waals surface area contributed by atoms with Gasteiger partial charge < -0.3 is 9.64 Å². The largest absolute Gasteiger partial charge is 0.493 e. The van der Waals surface area contributed by atoms with Crippen molar-refractivity contribution in [2.24, 2.45) is 0 Å². The normalized spacial score (nSPS) is 11.4. The van der Waals surface area contributed by atoms with E-state index >= 15 is 0 Å². The predicted molar refractivity (Wildman–Crippen MR) is 115 cm³/mol. The second-order valence-corrected chi connectivity index (χ2v) is 9.20. The first-order chi connectivity index (χ1) is 14.7. The van der Waals surface area contributed by atoms with Gasteiger partial charge in [-0.1, -0.05) is 18.2 Å². The third-order valence-corrected chi connectivity index (χ3v) is 5.92. The molecular formula is C22H24FN3O4S. The van der Waals surface area contributed by atoms with Crippen LogP contribution >= 0.6 is 0 Å². The number of hydrogen-bond acceptors (Lipinski definition) is 5. The molecule has 0 radical (unpaired) electrons. The molecule has 0 N–H and O–H groups in total. The van der Waals surface area contributed by atoms with Crippen molar-refractivity contribution in [2.75, 3.05) is 26.5 Å². The SMILES string of the molecule is Cc1c(C(=O)N(C)CCCOc2cccc(S(C)(=O)=O)c2)cnn1-c1ccccc1F. The highest BCUT2D eigenvalue weighted by atomic mass is 32.2. The van der Waals surface area contributed by atoms with E-state index in [1.165, 1.54) is 29.1 Å². The molecule has 1 aromatic heterocycles. The molecule has 0 fully saturated rings. The Balaban J connectivity index is 1.58. The lowest BCUT2D eigenvalue weighted by molar-refractivity contribution is 0.0787. The van der Waals surface area contributed by atoms with Crippen LogP contribution in [0.15, 0.2) is 59.6 Å². The fraction of sp³-hybridized carbons (Fsp3) is 0.273. The zero-order chi connectivity index (χ0) is 22.6. The number of carbonyl (C=O) groups is 1. The second kappa shape index (κ2) is 9.30. The molecule has 1 heterocycles. The van der Waals surface area contributed by atoms with E-state index in [4.69, 9.17) is 4.74 Å². The van der Waals surface area contributed by atoms with Crippen LogP contribution in [0.5, 0.6) is 5.75 Å². The third-order valence-electron chi connectivity index (χ3n) is 4.81. The maximum absolute atomic E-state index is 14.1. The van der Waals surface area contributed by atoms with Gasteiger partial charge in [-0.05, 0) is 43.7 Å². The molecule has 1 amide bonds. The average Bonchev–Trinajstić information content (AvgIpc) is 3.11. The van der Waals surface area contributed by atoms with E-state index in [-0.39, 0.29) is 16.5 Å². The number of amides is 1. The summed E-state index contributed by atoms with van der Waals surface area (Å²) in [6.45, 7) is 2.46. The summed E-state index contributed by atoms with van der Waals surface area (Å²) in [7, 11) is -1.63. The van der Waals surface area contributed by atoms with Crippen molar-refractivity contribution in [1.82, 2.24) is 14.7 Å². The summed E-state index contributed by atoms with van der Waals surface area (Å²) in [5.74, 6) is -0.184. The first-order valence-electron chi connectivity index (χ1n) is 9.66. The van der Waals surface area contributed by atoms with Gasteiger partial charge in [0.2, 0.25) is 0 Å². The number of rotatable bonds is 8. The van der Waals surface area contributed by atoms with E-state index in [0.29, 0.717) is 36.6 Å². The zero-order valence-corrected chi connectivity index (χ0v) is 18.4. The van der Waals surface area contributed by atoms with E-state index < -0.39 is 15.7 Å². The molecule has 3 rings (SSSR count). The van der Waals surface area contributed by atoms with Gasteiger partial charge in [-0.3, -0.25) is 4.79 Å². The first-order valence-corrected chi connectivity index (χ1v) is 11.6. The highest BCUT2D eigenvalue weighted by Gasteiger charge is 2.19. The molecule has 0 unspecified atom stereocenters. The van der Waals surface area contributed by atoms with E-state index in [1.807, 2.05) is 0 Å². The smallest absolute Gasteiger partial charge is 0.257 e. The zero-order valence-electron chi connectivity index (χ0n) is 17.6. The summed E-state index contributed by atoms with van der Waals surface area (Å²) in [4.78, 5) is 14.5. The fourth-order valence-electron chi connectivity index (χ4n) is 3.08. The Morgan fingerprint density at radius 2 is 1.94 bits per heavy atom. The number of aromatic nitrogens is 2. The van der Waals surface area contributed by atoms with Crippen LogP contribution in [0.2, 0.25) is 0 Å². The van der Waals surface area contributed by atoms with Crippen LogP contribution in [0.1, 0.15) is 22.5 Å². The van der Waals surface area contributed by atoms with Gasteiger partial charge in [0.15, 0.2) is 9.84 Å². The quantitative estimate of drug-likeness (QED) is 0.497.